The number of thiophene rings is 1. The topological polar surface area (TPSA) is 87.6 Å². The van der Waals surface area contributed by atoms with Gasteiger partial charge in [-0.05, 0) is 12.5 Å². The Hall–Kier alpha value is -2.22. The Balaban J connectivity index is 2.29. The summed E-state index contributed by atoms with van der Waals surface area (Å²) in [6.45, 7) is 1.85. The summed E-state index contributed by atoms with van der Waals surface area (Å²) in [5.74, 6) is -0.422. The molecule has 124 valence electrons. The first-order valence-electron chi connectivity index (χ1n) is 7.04. The number of rotatable bonds is 7. The first kappa shape index (κ1) is 17.1. The monoisotopic (exact) mass is 338 g/mol. The van der Waals surface area contributed by atoms with Gasteiger partial charge in [-0.3, -0.25) is 9.59 Å². The van der Waals surface area contributed by atoms with Crippen LogP contribution < -0.4 is 9.47 Å². The smallest absolute Gasteiger partial charge is 0.309 e. The summed E-state index contributed by atoms with van der Waals surface area (Å²) in [4.78, 5) is 33.7. The second-order valence-electron chi connectivity index (χ2n) is 4.80. The van der Waals surface area contributed by atoms with E-state index in [1.165, 1.54) is 32.7 Å². The van der Waals surface area contributed by atoms with Gasteiger partial charge in [0.2, 0.25) is 0 Å². The zero-order valence-electron chi connectivity index (χ0n) is 13.4. The fourth-order valence-corrected chi connectivity index (χ4v) is 3.03. The van der Waals surface area contributed by atoms with Crippen molar-refractivity contribution in [1.29, 1.82) is 0 Å². The van der Waals surface area contributed by atoms with E-state index in [-0.39, 0.29) is 29.9 Å². The number of carbonyl (C=O) groups excluding carboxylic acids is 2. The van der Waals surface area contributed by atoms with Gasteiger partial charge in [0.25, 0.3) is 11.8 Å². The molecular formula is C15H18N2O5S. The van der Waals surface area contributed by atoms with E-state index in [1.807, 2.05) is 6.92 Å². The third-order valence-corrected chi connectivity index (χ3v) is 4.48. The number of esters is 1. The van der Waals surface area contributed by atoms with Crippen molar-refractivity contribution >= 4 is 33.4 Å². The van der Waals surface area contributed by atoms with E-state index in [1.54, 1.807) is 6.07 Å². The van der Waals surface area contributed by atoms with Gasteiger partial charge in [0, 0.05) is 6.42 Å². The van der Waals surface area contributed by atoms with Crippen LogP contribution in [-0.2, 0) is 9.53 Å². The van der Waals surface area contributed by atoms with Crippen LogP contribution in [0.15, 0.2) is 6.07 Å². The molecule has 7 nitrogen and oxygen atoms in total. The lowest BCUT2D eigenvalue weighted by Crippen LogP contribution is -2.18. The normalized spacial score (nSPS) is 12.0. The summed E-state index contributed by atoms with van der Waals surface area (Å²) < 4.78 is 14.9. The van der Waals surface area contributed by atoms with Gasteiger partial charge < -0.3 is 14.2 Å². The lowest BCUT2D eigenvalue weighted by Gasteiger charge is -2.10. The second kappa shape index (κ2) is 7.36. The van der Waals surface area contributed by atoms with Crippen molar-refractivity contribution < 1.29 is 23.8 Å². The molecule has 0 spiro atoms. The molecule has 0 radical (unpaired) electrons. The van der Waals surface area contributed by atoms with Crippen molar-refractivity contribution in [1.82, 2.24) is 9.97 Å². The van der Waals surface area contributed by atoms with Crippen LogP contribution in [0.4, 0.5) is 0 Å². The SMILES string of the molecule is CCC(CC(=O)c1cc2nc(OC)c(OC)nc2s1)C(=O)OC. The number of aromatic nitrogens is 2. The summed E-state index contributed by atoms with van der Waals surface area (Å²) in [6, 6.07) is 1.65. The van der Waals surface area contributed by atoms with Crippen LogP contribution in [0, 0.1) is 5.92 Å². The molecule has 0 bridgehead atoms. The average molecular weight is 338 g/mol. The van der Waals surface area contributed by atoms with Gasteiger partial charge in [0.05, 0.1) is 32.1 Å². The molecule has 0 aliphatic carbocycles. The van der Waals surface area contributed by atoms with Crippen molar-refractivity contribution in [2.75, 3.05) is 21.3 Å². The van der Waals surface area contributed by atoms with E-state index in [2.05, 4.69) is 9.97 Å². The lowest BCUT2D eigenvalue weighted by molar-refractivity contribution is -0.145. The maximum absolute atomic E-state index is 12.4. The number of fused-ring (bicyclic) bond motifs is 1. The first-order chi connectivity index (χ1) is 11.0. The molecule has 2 rings (SSSR count). The van der Waals surface area contributed by atoms with Crippen LogP contribution in [0.3, 0.4) is 0 Å². The highest BCUT2D eigenvalue weighted by atomic mass is 32.1. The zero-order valence-corrected chi connectivity index (χ0v) is 14.2. The Morgan fingerprint density at radius 1 is 1.17 bits per heavy atom. The molecule has 0 aliphatic rings. The standard InChI is InChI=1S/C15H18N2O5S/c1-5-8(15(19)22-4)6-10(18)11-7-9-14(23-11)17-13(21-3)12(16-9)20-2/h7-8H,5-6H2,1-4H3. The zero-order chi connectivity index (χ0) is 17.0. The van der Waals surface area contributed by atoms with E-state index in [9.17, 15) is 9.59 Å². The summed E-state index contributed by atoms with van der Waals surface area (Å²) in [5, 5.41) is 0. The fraction of sp³-hybridized carbons (Fsp3) is 0.467. The molecule has 0 saturated heterocycles. The summed E-state index contributed by atoms with van der Waals surface area (Å²) in [5.41, 5.74) is 0.558. The third-order valence-electron chi connectivity index (χ3n) is 3.42. The number of Topliss-reactive ketones (excluding diaryl/α,β-unsaturated/α-hetero) is 1. The predicted octanol–water partition coefficient (Wildman–Crippen LogP) is 2.48. The van der Waals surface area contributed by atoms with Crippen molar-refractivity contribution in [2.45, 2.75) is 19.8 Å². The molecule has 2 aromatic heterocycles. The predicted molar refractivity (Wildman–Crippen MR) is 85.3 cm³/mol. The minimum absolute atomic E-state index is 0.101. The van der Waals surface area contributed by atoms with E-state index < -0.39 is 5.92 Å². The Kier molecular flexibility index (Phi) is 5.49. The molecule has 0 N–H and O–H groups in total. The van der Waals surface area contributed by atoms with E-state index in [0.717, 1.165) is 0 Å². The van der Waals surface area contributed by atoms with Crippen molar-refractivity contribution in [2.24, 2.45) is 5.92 Å². The Labute approximate surface area is 137 Å². The van der Waals surface area contributed by atoms with Crippen molar-refractivity contribution in [3.8, 4) is 11.8 Å². The Morgan fingerprint density at radius 3 is 2.39 bits per heavy atom. The van der Waals surface area contributed by atoms with Crippen LogP contribution in [0.1, 0.15) is 29.4 Å². The molecule has 0 aliphatic heterocycles. The Bertz CT molecular complexity index is 687. The Morgan fingerprint density at radius 2 is 1.83 bits per heavy atom. The van der Waals surface area contributed by atoms with Gasteiger partial charge in [-0.1, -0.05) is 6.92 Å². The highest BCUT2D eigenvalue weighted by molar-refractivity contribution is 7.20. The molecule has 8 heteroatoms. The number of hydrogen-bond acceptors (Lipinski definition) is 8. The number of nitrogens with zero attached hydrogens (tertiary/aromatic N) is 2. The third kappa shape index (κ3) is 3.58. The van der Waals surface area contributed by atoms with Gasteiger partial charge in [-0.15, -0.1) is 11.3 Å². The second-order valence-corrected chi connectivity index (χ2v) is 5.83. The summed E-state index contributed by atoms with van der Waals surface area (Å²) >= 11 is 1.22. The van der Waals surface area contributed by atoms with Gasteiger partial charge in [-0.25, -0.2) is 4.98 Å². The molecule has 2 aromatic rings. The van der Waals surface area contributed by atoms with E-state index >= 15 is 0 Å². The minimum Gasteiger partial charge on any atom is -0.477 e. The van der Waals surface area contributed by atoms with Crippen molar-refractivity contribution in [3.63, 3.8) is 0 Å². The number of carbonyl (C=O) groups is 2. The maximum Gasteiger partial charge on any atom is 0.309 e. The number of ether oxygens (including phenoxy) is 3. The summed E-state index contributed by atoms with van der Waals surface area (Å²) in [6.07, 6.45) is 0.645. The van der Waals surface area contributed by atoms with Gasteiger partial charge in [-0.2, -0.15) is 4.98 Å². The number of methoxy groups -OCH3 is 3. The van der Waals surface area contributed by atoms with Crippen LogP contribution in [-0.4, -0.2) is 43.0 Å². The number of ketones is 1. The van der Waals surface area contributed by atoms with E-state index in [4.69, 9.17) is 14.2 Å². The summed E-state index contributed by atoms with van der Waals surface area (Å²) in [7, 11) is 4.26. The molecule has 0 aromatic carbocycles. The molecule has 0 saturated carbocycles. The van der Waals surface area contributed by atoms with Gasteiger partial charge >= 0.3 is 5.97 Å². The van der Waals surface area contributed by atoms with Crippen LogP contribution in [0.25, 0.3) is 10.3 Å². The molecule has 0 amide bonds. The first-order valence-corrected chi connectivity index (χ1v) is 7.86. The number of hydrogen-bond donors (Lipinski definition) is 0. The quantitative estimate of drug-likeness (QED) is 0.566. The largest absolute Gasteiger partial charge is 0.477 e. The molecule has 1 atom stereocenters. The highest BCUT2D eigenvalue weighted by Gasteiger charge is 2.23. The van der Waals surface area contributed by atoms with Gasteiger partial charge in [0.1, 0.15) is 10.3 Å². The molecule has 0 fully saturated rings. The molecule has 1 unspecified atom stereocenters. The average Bonchev–Trinajstić information content (AvgIpc) is 3.00. The molecule has 23 heavy (non-hydrogen) atoms. The lowest BCUT2D eigenvalue weighted by atomic mass is 9.99. The van der Waals surface area contributed by atoms with Crippen LogP contribution in [0.2, 0.25) is 0 Å². The van der Waals surface area contributed by atoms with Crippen LogP contribution >= 0.6 is 11.3 Å². The minimum atomic E-state index is -0.442. The van der Waals surface area contributed by atoms with Crippen LogP contribution in [0.5, 0.6) is 11.8 Å². The van der Waals surface area contributed by atoms with E-state index in [0.29, 0.717) is 21.6 Å². The van der Waals surface area contributed by atoms with Crippen molar-refractivity contribution in [3.05, 3.63) is 10.9 Å². The molecule has 2 heterocycles. The maximum atomic E-state index is 12.4. The highest BCUT2D eigenvalue weighted by Crippen LogP contribution is 2.31. The fourth-order valence-electron chi connectivity index (χ4n) is 2.12. The van der Waals surface area contributed by atoms with Gasteiger partial charge in [0.15, 0.2) is 5.78 Å². The molecular weight excluding hydrogens is 320 g/mol.